The standard InChI is InChI=1S/C18H16ClF3N6O/c1-10-7-28-15(12-6-23-26(2)8-12)24-25-16(28)17(29)27(10)9-11-4-3-5-13(14(11)19)18(20,21)22/h3-6,8,10H,7,9H2,1-2H3. The summed E-state index contributed by atoms with van der Waals surface area (Å²) in [6.45, 7) is 2.15. The lowest BCUT2D eigenvalue weighted by Crippen LogP contribution is -2.46. The lowest BCUT2D eigenvalue weighted by atomic mass is 10.1. The Morgan fingerprint density at radius 1 is 1.24 bits per heavy atom. The highest BCUT2D eigenvalue weighted by atomic mass is 35.5. The molecule has 0 fully saturated rings. The van der Waals surface area contributed by atoms with Gasteiger partial charge in [0.25, 0.3) is 5.91 Å². The van der Waals surface area contributed by atoms with Crippen molar-refractivity contribution in [2.24, 2.45) is 7.05 Å². The largest absolute Gasteiger partial charge is 0.417 e. The van der Waals surface area contributed by atoms with Gasteiger partial charge in [-0.3, -0.25) is 9.48 Å². The van der Waals surface area contributed by atoms with Crippen LogP contribution in [0.15, 0.2) is 30.6 Å². The number of fused-ring (bicyclic) bond motifs is 1. The second kappa shape index (κ2) is 6.87. The molecule has 3 aromatic rings. The van der Waals surface area contributed by atoms with Crippen LogP contribution in [0.1, 0.15) is 28.7 Å². The number of rotatable bonds is 3. The zero-order valence-electron chi connectivity index (χ0n) is 15.5. The SMILES string of the molecule is CC1Cn2c(nnc2-c2cnn(C)c2)C(=O)N1Cc1cccc(C(F)(F)F)c1Cl. The molecule has 1 amide bonds. The quantitative estimate of drug-likeness (QED) is 0.646. The molecule has 7 nitrogen and oxygen atoms in total. The fourth-order valence-electron chi connectivity index (χ4n) is 3.41. The molecule has 0 saturated heterocycles. The number of hydrogen-bond donors (Lipinski definition) is 0. The molecule has 1 atom stereocenters. The van der Waals surface area contributed by atoms with E-state index in [0.29, 0.717) is 12.4 Å². The summed E-state index contributed by atoms with van der Waals surface area (Å²) >= 11 is 5.99. The van der Waals surface area contributed by atoms with Gasteiger partial charge in [-0.1, -0.05) is 23.7 Å². The summed E-state index contributed by atoms with van der Waals surface area (Å²) in [5.41, 5.74) is 0.0265. The maximum atomic E-state index is 13.1. The van der Waals surface area contributed by atoms with E-state index >= 15 is 0 Å². The fraction of sp³-hybridized carbons (Fsp3) is 0.333. The van der Waals surface area contributed by atoms with Crippen LogP contribution in [0.25, 0.3) is 11.4 Å². The minimum Gasteiger partial charge on any atom is -0.327 e. The maximum absolute atomic E-state index is 13.1. The smallest absolute Gasteiger partial charge is 0.327 e. The van der Waals surface area contributed by atoms with Crippen LogP contribution in [-0.2, 0) is 26.3 Å². The molecule has 0 saturated carbocycles. The number of hydrogen-bond acceptors (Lipinski definition) is 4. The third kappa shape index (κ3) is 3.37. The molecule has 1 aliphatic rings. The summed E-state index contributed by atoms with van der Waals surface area (Å²) in [4.78, 5) is 14.4. The number of carbonyl (C=O) groups is 1. The van der Waals surface area contributed by atoms with Crippen LogP contribution in [0.5, 0.6) is 0 Å². The Balaban J connectivity index is 1.66. The van der Waals surface area contributed by atoms with Crippen LogP contribution in [-0.4, -0.2) is 41.4 Å². The van der Waals surface area contributed by atoms with Gasteiger partial charge in [0, 0.05) is 32.4 Å². The maximum Gasteiger partial charge on any atom is 0.417 e. The van der Waals surface area contributed by atoms with Gasteiger partial charge in [-0.05, 0) is 18.6 Å². The van der Waals surface area contributed by atoms with Crippen molar-refractivity contribution < 1.29 is 18.0 Å². The Hall–Kier alpha value is -2.88. The molecule has 3 heterocycles. The van der Waals surface area contributed by atoms with Crippen LogP contribution in [0.3, 0.4) is 0 Å². The van der Waals surface area contributed by atoms with Crippen molar-refractivity contribution in [1.29, 1.82) is 0 Å². The van der Waals surface area contributed by atoms with Crippen LogP contribution in [0.2, 0.25) is 5.02 Å². The van der Waals surface area contributed by atoms with E-state index in [1.807, 2.05) is 6.92 Å². The summed E-state index contributed by atoms with van der Waals surface area (Å²) in [6, 6.07) is 3.39. The number of nitrogens with zero attached hydrogens (tertiary/aromatic N) is 6. The summed E-state index contributed by atoms with van der Waals surface area (Å²) in [7, 11) is 1.77. The highest BCUT2D eigenvalue weighted by Crippen LogP contribution is 2.37. The van der Waals surface area contributed by atoms with Crippen molar-refractivity contribution in [2.45, 2.75) is 32.2 Å². The zero-order valence-corrected chi connectivity index (χ0v) is 16.2. The Kier molecular flexibility index (Phi) is 4.60. The summed E-state index contributed by atoms with van der Waals surface area (Å²) in [6.07, 6.45) is -1.17. The van der Waals surface area contributed by atoms with Crippen LogP contribution in [0, 0.1) is 0 Å². The number of benzene rings is 1. The van der Waals surface area contributed by atoms with Gasteiger partial charge in [0.05, 0.1) is 22.3 Å². The first-order valence-electron chi connectivity index (χ1n) is 8.74. The molecule has 0 spiro atoms. The number of carbonyl (C=O) groups excluding carboxylic acids is 1. The highest BCUT2D eigenvalue weighted by molar-refractivity contribution is 6.32. The van der Waals surface area contributed by atoms with Gasteiger partial charge < -0.3 is 9.47 Å². The van der Waals surface area contributed by atoms with Gasteiger partial charge in [0.15, 0.2) is 5.82 Å². The molecule has 1 unspecified atom stereocenters. The molecular formula is C18H16ClF3N6O. The van der Waals surface area contributed by atoms with Gasteiger partial charge in [-0.25, -0.2) is 0 Å². The number of alkyl halides is 3. The van der Waals surface area contributed by atoms with Crippen LogP contribution >= 0.6 is 11.6 Å². The van der Waals surface area contributed by atoms with Crippen molar-refractivity contribution in [3.05, 3.63) is 52.6 Å². The average Bonchev–Trinajstić information content (AvgIpc) is 3.25. The van der Waals surface area contributed by atoms with Crippen molar-refractivity contribution in [3.63, 3.8) is 0 Å². The Bertz CT molecular complexity index is 1090. The number of aromatic nitrogens is 5. The lowest BCUT2D eigenvalue weighted by Gasteiger charge is -2.34. The molecule has 1 aliphatic heterocycles. The lowest BCUT2D eigenvalue weighted by molar-refractivity contribution is -0.137. The molecule has 0 N–H and O–H groups in total. The first kappa shape index (κ1) is 19.4. The van der Waals surface area contributed by atoms with Crippen LogP contribution < -0.4 is 0 Å². The van der Waals surface area contributed by atoms with E-state index in [9.17, 15) is 18.0 Å². The predicted molar refractivity (Wildman–Crippen MR) is 98.0 cm³/mol. The fourth-order valence-corrected chi connectivity index (χ4v) is 3.70. The van der Waals surface area contributed by atoms with Gasteiger partial charge in [-0.15, -0.1) is 10.2 Å². The van der Waals surface area contributed by atoms with Gasteiger partial charge in [0.2, 0.25) is 5.82 Å². The van der Waals surface area contributed by atoms with Crippen molar-refractivity contribution in [3.8, 4) is 11.4 Å². The summed E-state index contributed by atoms with van der Waals surface area (Å²) in [5, 5.41) is 11.8. The molecule has 0 radical (unpaired) electrons. The van der Waals surface area contributed by atoms with Crippen molar-refractivity contribution >= 4 is 17.5 Å². The van der Waals surface area contributed by atoms with E-state index in [-0.39, 0.29) is 24.0 Å². The van der Waals surface area contributed by atoms with Gasteiger partial charge in [0.1, 0.15) is 0 Å². The molecule has 11 heteroatoms. The Morgan fingerprint density at radius 3 is 2.62 bits per heavy atom. The van der Waals surface area contributed by atoms with Gasteiger partial charge in [-0.2, -0.15) is 18.3 Å². The van der Waals surface area contributed by atoms with E-state index in [1.54, 1.807) is 28.7 Å². The van der Waals surface area contributed by atoms with Gasteiger partial charge >= 0.3 is 6.18 Å². The number of aryl methyl sites for hydroxylation is 1. The highest BCUT2D eigenvalue weighted by Gasteiger charge is 2.37. The zero-order chi connectivity index (χ0) is 20.9. The monoisotopic (exact) mass is 424 g/mol. The molecule has 1 aromatic carbocycles. The third-order valence-electron chi connectivity index (χ3n) is 4.87. The predicted octanol–water partition coefficient (Wildman–Crippen LogP) is 3.40. The minimum absolute atomic E-state index is 0.0577. The topological polar surface area (TPSA) is 68.8 Å². The molecule has 2 aromatic heterocycles. The summed E-state index contributed by atoms with van der Waals surface area (Å²) < 4.78 is 42.7. The second-order valence-electron chi connectivity index (χ2n) is 6.92. The van der Waals surface area contributed by atoms with E-state index in [1.165, 1.54) is 17.0 Å². The normalized spacial score (nSPS) is 17.0. The minimum atomic E-state index is -4.57. The molecule has 152 valence electrons. The number of halogens is 4. The second-order valence-corrected chi connectivity index (χ2v) is 7.30. The van der Waals surface area contributed by atoms with Crippen molar-refractivity contribution in [1.82, 2.24) is 29.4 Å². The molecule has 0 bridgehead atoms. The van der Waals surface area contributed by atoms with E-state index < -0.39 is 22.7 Å². The first-order valence-corrected chi connectivity index (χ1v) is 9.12. The Morgan fingerprint density at radius 2 is 1.97 bits per heavy atom. The van der Waals surface area contributed by atoms with Crippen molar-refractivity contribution in [2.75, 3.05) is 0 Å². The first-order chi connectivity index (χ1) is 13.7. The number of amides is 1. The van der Waals surface area contributed by atoms with E-state index in [2.05, 4.69) is 15.3 Å². The molecular weight excluding hydrogens is 409 g/mol. The summed E-state index contributed by atoms with van der Waals surface area (Å²) in [5.74, 6) is 0.231. The molecule has 4 rings (SSSR count). The third-order valence-corrected chi connectivity index (χ3v) is 5.32. The average molecular weight is 425 g/mol. The van der Waals surface area contributed by atoms with E-state index in [0.717, 1.165) is 11.6 Å². The van der Waals surface area contributed by atoms with E-state index in [4.69, 9.17) is 11.6 Å². The molecule has 29 heavy (non-hydrogen) atoms. The van der Waals surface area contributed by atoms with Crippen LogP contribution in [0.4, 0.5) is 13.2 Å². The molecule has 0 aliphatic carbocycles. The Labute approximate surface area is 168 Å².